The second-order valence-electron chi connectivity index (χ2n) is 4.97. The van der Waals surface area contributed by atoms with Crippen molar-refractivity contribution in [1.29, 1.82) is 0 Å². The van der Waals surface area contributed by atoms with Crippen molar-refractivity contribution in [3.63, 3.8) is 0 Å². The number of amides is 1. The SMILES string of the molecule is CCCCCNS(=O)(=O)c1ccc2c(c1)NC(=O)CC2. The number of benzene rings is 1. The molecular formula is C14H20N2O3S. The number of sulfonamides is 1. The molecule has 2 N–H and O–H groups in total. The number of hydrogen-bond donors (Lipinski definition) is 2. The van der Waals surface area contributed by atoms with Gasteiger partial charge in [-0.15, -0.1) is 0 Å². The maximum atomic E-state index is 12.1. The summed E-state index contributed by atoms with van der Waals surface area (Å²) in [5.74, 6) is -0.0667. The fourth-order valence-electron chi connectivity index (χ4n) is 2.18. The molecule has 0 saturated heterocycles. The van der Waals surface area contributed by atoms with Crippen molar-refractivity contribution >= 4 is 21.6 Å². The zero-order chi connectivity index (χ0) is 14.6. The van der Waals surface area contributed by atoms with Gasteiger partial charge in [0.15, 0.2) is 0 Å². The lowest BCUT2D eigenvalue weighted by atomic mass is 10.0. The molecule has 0 radical (unpaired) electrons. The van der Waals surface area contributed by atoms with Gasteiger partial charge in [0.25, 0.3) is 0 Å². The summed E-state index contributed by atoms with van der Waals surface area (Å²) >= 11 is 0. The van der Waals surface area contributed by atoms with Gasteiger partial charge in [0.1, 0.15) is 0 Å². The van der Waals surface area contributed by atoms with Crippen LogP contribution in [0.2, 0.25) is 0 Å². The Morgan fingerprint density at radius 3 is 2.80 bits per heavy atom. The average Bonchev–Trinajstić information content (AvgIpc) is 2.43. The third kappa shape index (κ3) is 3.58. The molecule has 1 aromatic rings. The molecule has 110 valence electrons. The summed E-state index contributed by atoms with van der Waals surface area (Å²) in [5.41, 5.74) is 1.59. The first-order valence-electron chi connectivity index (χ1n) is 6.95. The van der Waals surface area contributed by atoms with E-state index in [1.54, 1.807) is 12.1 Å². The molecule has 1 aliphatic heterocycles. The van der Waals surface area contributed by atoms with E-state index in [-0.39, 0.29) is 10.8 Å². The van der Waals surface area contributed by atoms with Crippen LogP contribution in [-0.4, -0.2) is 20.9 Å². The summed E-state index contributed by atoms with van der Waals surface area (Å²) in [5, 5.41) is 2.72. The Labute approximate surface area is 119 Å². The summed E-state index contributed by atoms with van der Waals surface area (Å²) in [7, 11) is -3.49. The number of anilines is 1. The van der Waals surface area contributed by atoms with Crippen molar-refractivity contribution in [1.82, 2.24) is 4.72 Å². The first kappa shape index (κ1) is 15.0. The number of fused-ring (bicyclic) bond motifs is 1. The smallest absolute Gasteiger partial charge is 0.240 e. The van der Waals surface area contributed by atoms with Gasteiger partial charge in [-0.1, -0.05) is 25.8 Å². The Morgan fingerprint density at radius 2 is 2.05 bits per heavy atom. The third-order valence-electron chi connectivity index (χ3n) is 3.36. The van der Waals surface area contributed by atoms with E-state index in [1.807, 2.05) is 0 Å². The van der Waals surface area contributed by atoms with Gasteiger partial charge in [0.05, 0.1) is 4.90 Å². The van der Waals surface area contributed by atoms with E-state index in [0.29, 0.717) is 25.1 Å². The number of carbonyl (C=O) groups excluding carboxylic acids is 1. The first-order chi connectivity index (χ1) is 9.53. The van der Waals surface area contributed by atoms with Crippen molar-refractivity contribution < 1.29 is 13.2 Å². The van der Waals surface area contributed by atoms with E-state index in [9.17, 15) is 13.2 Å². The zero-order valence-electron chi connectivity index (χ0n) is 11.6. The fraction of sp³-hybridized carbons (Fsp3) is 0.500. The van der Waals surface area contributed by atoms with E-state index in [4.69, 9.17) is 0 Å². The highest BCUT2D eigenvalue weighted by Gasteiger charge is 2.19. The maximum absolute atomic E-state index is 12.1. The summed E-state index contributed by atoms with van der Waals surface area (Å²) in [4.78, 5) is 11.6. The normalized spacial score (nSPS) is 14.8. The fourth-order valence-corrected chi connectivity index (χ4v) is 3.28. The van der Waals surface area contributed by atoms with Crippen molar-refractivity contribution in [3.05, 3.63) is 23.8 Å². The predicted molar refractivity (Wildman–Crippen MR) is 78.1 cm³/mol. The van der Waals surface area contributed by atoms with Crippen LogP contribution in [0.3, 0.4) is 0 Å². The highest BCUT2D eigenvalue weighted by Crippen LogP contribution is 2.25. The number of rotatable bonds is 6. The first-order valence-corrected chi connectivity index (χ1v) is 8.43. The topological polar surface area (TPSA) is 75.3 Å². The Bertz CT molecular complexity index is 596. The van der Waals surface area contributed by atoms with Gasteiger partial charge in [0.2, 0.25) is 15.9 Å². The maximum Gasteiger partial charge on any atom is 0.240 e. The lowest BCUT2D eigenvalue weighted by Gasteiger charge is -2.17. The van der Waals surface area contributed by atoms with E-state index < -0.39 is 10.0 Å². The van der Waals surface area contributed by atoms with Crippen molar-refractivity contribution in [2.45, 2.75) is 43.9 Å². The second-order valence-corrected chi connectivity index (χ2v) is 6.74. The van der Waals surface area contributed by atoms with Gasteiger partial charge >= 0.3 is 0 Å². The largest absolute Gasteiger partial charge is 0.326 e. The molecule has 0 atom stereocenters. The van der Waals surface area contributed by atoms with Crippen molar-refractivity contribution in [2.24, 2.45) is 0 Å². The molecular weight excluding hydrogens is 276 g/mol. The molecule has 5 nitrogen and oxygen atoms in total. The van der Waals surface area contributed by atoms with E-state index in [1.165, 1.54) is 6.07 Å². The van der Waals surface area contributed by atoms with Crippen molar-refractivity contribution in [2.75, 3.05) is 11.9 Å². The van der Waals surface area contributed by atoms with Gasteiger partial charge in [-0.2, -0.15) is 0 Å². The Morgan fingerprint density at radius 1 is 1.25 bits per heavy atom. The average molecular weight is 296 g/mol. The molecule has 20 heavy (non-hydrogen) atoms. The van der Waals surface area contributed by atoms with Crippen LogP contribution in [0, 0.1) is 0 Å². The van der Waals surface area contributed by atoms with Crippen LogP contribution in [-0.2, 0) is 21.2 Å². The minimum Gasteiger partial charge on any atom is -0.326 e. The highest BCUT2D eigenvalue weighted by atomic mass is 32.2. The molecule has 1 aliphatic rings. The Hall–Kier alpha value is -1.40. The lowest BCUT2D eigenvalue weighted by molar-refractivity contribution is -0.116. The number of aryl methyl sites for hydroxylation is 1. The minimum absolute atomic E-state index is 0.0667. The van der Waals surface area contributed by atoms with Gasteiger partial charge in [-0.05, 0) is 30.5 Å². The van der Waals surface area contributed by atoms with E-state index >= 15 is 0 Å². The molecule has 0 bridgehead atoms. The Kier molecular flexibility index (Phi) is 4.77. The van der Waals surface area contributed by atoms with Crippen LogP contribution in [0.5, 0.6) is 0 Å². The standard InChI is InChI=1S/C14H20N2O3S/c1-2-3-4-9-15-20(18,19)12-7-5-11-6-8-14(17)16-13(11)10-12/h5,7,10,15H,2-4,6,8-9H2,1H3,(H,16,17). The molecule has 0 spiro atoms. The summed E-state index contributed by atoms with van der Waals surface area (Å²) < 4.78 is 26.9. The Balaban J connectivity index is 2.12. The van der Waals surface area contributed by atoms with Gasteiger partial charge in [-0.25, -0.2) is 13.1 Å². The summed E-state index contributed by atoms with van der Waals surface area (Å²) in [6.07, 6.45) is 3.99. The quantitative estimate of drug-likeness (QED) is 0.789. The van der Waals surface area contributed by atoms with Crippen LogP contribution < -0.4 is 10.0 Å². The van der Waals surface area contributed by atoms with Crippen LogP contribution in [0.4, 0.5) is 5.69 Å². The lowest BCUT2D eigenvalue weighted by Crippen LogP contribution is -2.25. The predicted octanol–water partition coefficient (Wildman–Crippen LogP) is 2.04. The molecule has 0 aromatic heterocycles. The molecule has 6 heteroatoms. The number of nitrogens with one attached hydrogen (secondary N) is 2. The van der Waals surface area contributed by atoms with E-state index in [0.717, 1.165) is 24.8 Å². The van der Waals surface area contributed by atoms with Crippen LogP contribution in [0.15, 0.2) is 23.1 Å². The summed E-state index contributed by atoms with van der Waals surface area (Å²) in [6, 6.07) is 4.91. The molecule has 2 rings (SSSR count). The molecule has 1 amide bonds. The molecule has 0 unspecified atom stereocenters. The van der Waals surface area contributed by atoms with Crippen LogP contribution in [0.25, 0.3) is 0 Å². The molecule has 0 aliphatic carbocycles. The number of hydrogen-bond acceptors (Lipinski definition) is 3. The summed E-state index contributed by atoms with van der Waals surface area (Å²) in [6.45, 7) is 2.51. The second kappa shape index (κ2) is 6.37. The van der Waals surface area contributed by atoms with Gasteiger partial charge in [0, 0.05) is 18.7 Å². The van der Waals surface area contributed by atoms with Gasteiger partial charge < -0.3 is 5.32 Å². The number of unbranched alkanes of at least 4 members (excludes halogenated alkanes) is 2. The zero-order valence-corrected chi connectivity index (χ0v) is 12.4. The highest BCUT2D eigenvalue weighted by molar-refractivity contribution is 7.89. The molecule has 0 saturated carbocycles. The van der Waals surface area contributed by atoms with Crippen LogP contribution >= 0.6 is 0 Å². The number of carbonyl (C=O) groups is 1. The minimum atomic E-state index is -3.49. The van der Waals surface area contributed by atoms with Crippen molar-refractivity contribution in [3.8, 4) is 0 Å². The van der Waals surface area contributed by atoms with Crippen LogP contribution in [0.1, 0.15) is 38.2 Å². The molecule has 1 heterocycles. The molecule has 0 fully saturated rings. The monoisotopic (exact) mass is 296 g/mol. The molecule has 1 aromatic carbocycles. The van der Waals surface area contributed by atoms with E-state index in [2.05, 4.69) is 17.0 Å². The van der Waals surface area contributed by atoms with Gasteiger partial charge in [-0.3, -0.25) is 4.79 Å². The third-order valence-corrected chi connectivity index (χ3v) is 4.82.